The molecular formula is C12H19N5O2. The normalized spacial score (nSPS) is 26.8. The molecule has 0 aliphatic heterocycles. The minimum Gasteiger partial charge on any atom is -0.409 e. The number of oxime groups is 1. The molecule has 1 aliphatic carbocycles. The molecule has 0 radical (unpaired) electrons. The Hall–Kier alpha value is -2.05. The first-order valence-corrected chi connectivity index (χ1v) is 6.21. The monoisotopic (exact) mass is 265 g/mol. The first-order valence-electron chi connectivity index (χ1n) is 6.21. The highest BCUT2D eigenvalue weighted by molar-refractivity contribution is 6.07. The molecule has 1 heterocycles. The molecule has 2 rings (SSSR count). The van der Waals surface area contributed by atoms with Gasteiger partial charge in [0, 0.05) is 25.4 Å². The third kappa shape index (κ3) is 2.27. The predicted octanol–water partition coefficient (Wildman–Crippen LogP) is 0.531. The third-order valence-corrected chi connectivity index (χ3v) is 3.72. The Morgan fingerprint density at radius 2 is 2.42 bits per heavy atom. The van der Waals surface area contributed by atoms with Crippen molar-refractivity contribution in [1.29, 1.82) is 0 Å². The second kappa shape index (κ2) is 4.91. The van der Waals surface area contributed by atoms with E-state index in [1.165, 1.54) is 0 Å². The number of H-pyrrole nitrogens is 1. The van der Waals surface area contributed by atoms with Crippen LogP contribution in [0.4, 0.5) is 0 Å². The van der Waals surface area contributed by atoms with Gasteiger partial charge in [-0.05, 0) is 18.8 Å². The zero-order chi connectivity index (χ0) is 14.0. The summed E-state index contributed by atoms with van der Waals surface area (Å²) in [6.07, 6.45) is 4.65. The topological polar surface area (TPSA) is 108 Å². The van der Waals surface area contributed by atoms with Gasteiger partial charge in [0.25, 0.3) is 0 Å². The third-order valence-electron chi connectivity index (χ3n) is 3.72. The Morgan fingerprint density at radius 3 is 2.89 bits per heavy atom. The molecule has 4 N–H and O–H groups in total. The standard InChI is InChI=1S/C12H19N5O2/c1-8-3-12(4-8,10(13)16-19)11(18)17(2)7-9-5-14-15-6-9/h5-6,8,19H,3-4,7H2,1-2H3,(H2,13,16)(H,14,15). The number of amidine groups is 1. The van der Waals surface area contributed by atoms with Crippen molar-refractivity contribution < 1.29 is 10.0 Å². The Bertz CT molecular complexity index is 476. The molecule has 7 heteroatoms. The molecule has 1 aliphatic rings. The maximum atomic E-state index is 12.5. The van der Waals surface area contributed by atoms with Gasteiger partial charge in [-0.1, -0.05) is 12.1 Å². The molecular weight excluding hydrogens is 246 g/mol. The summed E-state index contributed by atoms with van der Waals surface area (Å²) in [5.74, 6) is 0.309. The Morgan fingerprint density at radius 1 is 1.74 bits per heavy atom. The van der Waals surface area contributed by atoms with E-state index < -0.39 is 5.41 Å². The van der Waals surface area contributed by atoms with Crippen molar-refractivity contribution in [3.63, 3.8) is 0 Å². The van der Waals surface area contributed by atoms with Crippen molar-refractivity contribution in [2.75, 3.05) is 7.05 Å². The lowest BCUT2D eigenvalue weighted by Crippen LogP contribution is -2.56. The average Bonchev–Trinajstić information content (AvgIpc) is 2.85. The molecule has 7 nitrogen and oxygen atoms in total. The van der Waals surface area contributed by atoms with Gasteiger partial charge < -0.3 is 15.8 Å². The van der Waals surface area contributed by atoms with Crippen LogP contribution in [0.15, 0.2) is 17.5 Å². The van der Waals surface area contributed by atoms with Gasteiger partial charge in [0.1, 0.15) is 5.41 Å². The summed E-state index contributed by atoms with van der Waals surface area (Å²) < 4.78 is 0. The number of nitrogens with one attached hydrogen (secondary N) is 1. The van der Waals surface area contributed by atoms with Gasteiger partial charge in [-0.3, -0.25) is 9.89 Å². The molecule has 19 heavy (non-hydrogen) atoms. The van der Waals surface area contributed by atoms with Crippen LogP contribution < -0.4 is 5.73 Å². The maximum absolute atomic E-state index is 12.5. The fraction of sp³-hybridized carbons (Fsp3) is 0.583. The first-order chi connectivity index (χ1) is 8.99. The van der Waals surface area contributed by atoms with Crippen LogP contribution in [0.2, 0.25) is 0 Å². The van der Waals surface area contributed by atoms with E-state index in [2.05, 4.69) is 15.4 Å². The first kappa shape index (κ1) is 13.4. The highest BCUT2D eigenvalue weighted by Gasteiger charge is 2.53. The summed E-state index contributed by atoms with van der Waals surface area (Å²) in [7, 11) is 1.71. The lowest BCUT2D eigenvalue weighted by molar-refractivity contribution is -0.143. The van der Waals surface area contributed by atoms with Gasteiger partial charge in [0.05, 0.1) is 6.20 Å². The van der Waals surface area contributed by atoms with E-state index in [1.807, 2.05) is 6.92 Å². The van der Waals surface area contributed by atoms with Crippen molar-refractivity contribution in [3.8, 4) is 0 Å². The lowest BCUT2D eigenvalue weighted by atomic mass is 9.61. The van der Waals surface area contributed by atoms with E-state index in [0.29, 0.717) is 25.3 Å². The second-order valence-corrected chi connectivity index (χ2v) is 5.35. The zero-order valence-corrected chi connectivity index (χ0v) is 11.1. The van der Waals surface area contributed by atoms with E-state index in [4.69, 9.17) is 10.9 Å². The van der Waals surface area contributed by atoms with Crippen molar-refractivity contribution in [2.45, 2.75) is 26.3 Å². The summed E-state index contributed by atoms with van der Waals surface area (Å²) in [6.45, 7) is 2.50. The molecule has 0 unspecified atom stereocenters. The van der Waals surface area contributed by atoms with Crippen LogP contribution in [0.3, 0.4) is 0 Å². The summed E-state index contributed by atoms with van der Waals surface area (Å²) in [4.78, 5) is 14.1. The van der Waals surface area contributed by atoms with Gasteiger partial charge in [0.2, 0.25) is 5.91 Å². The smallest absolute Gasteiger partial charge is 0.236 e. The van der Waals surface area contributed by atoms with Gasteiger partial charge in [-0.2, -0.15) is 5.10 Å². The highest BCUT2D eigenvalue weighted by Crippen LogP contribution is 2.47. The highest BCUT2D eigenvalue weighted by atomic mass is 16.4. The molecule has 1 aromatic rings. The number of hydrogen-bond donors (Lipinski definition) is 3. The molecule has 1 aromatic heterocycles. The molecule has 1 fully saturated rings. The van der Waals surface area contributed by atoms with E-state index in [-0.39, 0.29) is 11.7 Å². The molecule has 0 bridgehead atoms. The molecule has 0 saturated heterocycles. The molecule has 0 spiro atoms. The number of nitrogens with two attached hydrogens (primary N) is 1. The molecule has 0 atom stereocenters. The Labute approximate surface area is 111 Å². The number of carbonyl (C=O) groups is 1. The van der Waals surface area contributed by atoms with Gasteiger partial charge in [-0.25, -0.2) is 0 Å². The Kier molecular flexibility index (Phi) is 3.46. The summed E-state index contributed by atoms with van der Waals surface area (Å²) in [5, 5.41) is 18.5. The van der Waals surface area contributed by atoms with E-state index in [0.717, 1.165) is 5.56 Å². The minimum atomic E-state index is -0.841. The van der Waals surface area contributed by atoms with Crippen LogP contribution in [-0.4, -0.2) is 39.1 Å². The van der Waals surface area contributed by atoms with Crippen LogP contribution in [0.25, 0.3) is 0 Å². The molecule has 0 aromatic carbocycles. The average molecular weight is 265 g/mol. The van der Waals surface area contributed by atoms with Gasteiger partial charge in [0.15, 0.2) is 5.84 Å². The quantitative estimate of drug-likeness (QED) is 0.319. The van der Waals surface area contributed by atoms with Crippen LogP contribution in [0.5, 0.6) is 0 Å². The SMILES string of the molecule is CC1CC(C(=O)N(C)Cc2cn[nH]c2)(C(N)=NO)C1. The molecule has 1 amide bonds. The van der Waals surface area contributed by atoms with Crippen LogP contribution >= 0.6 is 0 Å². The largest absolute Gasteiger partial charge is 0.409 e. The minimum absolute atomic E-state index is 0.00893. The second-order valence-electron chi connectivity index (χ2n) is 5.35. The number of nitrogens with zero attached hydrogens (tertiary/aromatic N) is 3. The van der Waals surface area contributed by atoms with Crippen molar-refractivity contribution in [2.24, 2.45) is 22.2 Å². The van der Waals surface area contributed by atoms with Gasteiger partial charge in [-0.15, -0.1) is 0 Å². The number of aromatic nitrogens is 2. The van der Waals surface area contributed by atoms with E-state index in [1.54, 1.807) is 24.3 Å². The summed E-state index contributed by atoms with van der Waals surface area (Å²) in [5.41, 5.74) is 5.80. The summed E-state index contributed by atoms with van der Waals surface area (Å²) >= 11 is 0. The lowest BCUT2D eigenvalue weighted by Gasteiger charge is -2.45. The molecule has 1 saturated carbocycles. The van der Waals surface area contributed by atoms with Crippen molar-refractivity contribution in [1.82, 2.24) is 15.1 Å². The van der Waals surface area contributed by atoms with E-state index in [9.17, 15) is 4.79 Å². The fourth-order valence-electron chi connectivity index (χ4n) is 2.79. The number of aromatic amines is 1. The number of rotatable bonds is 4. The van der Waals surface area contributed by atoms with Crippen LogP contribution in [0.1, 0.15) is 25.3 Å². The number of hydrogen-bond acceptors (Lipinski definition) is 4. The van der Waals surface area contributed by atoms with Crippen LogP contribution in [-0.2, 0) is 11.3 Å². The molecule has 104 valence electrons. The van der Waals surface area contributed by atoms with Crippen molar-refractivity contribution >= 4 is 11.7 Å². The van der Waals surface area contributed by atoms with Crippen LogP contribution in [0, 0.1) is 11.3 Å². The van der Waals surface area contributed by atoms with E-state index >= 15 is 0 Å². The van der Waals surface area contributed by atoms with Crippen molar-refractivity contribution in [3.05, 3.63) is 18.0 Å². The van der Waals surface area contributed by atoms with Gasteiger partial charge >= 0.3 is 0 Å². The predicted molar refractivity (Wildman–Crippen MR) is 69.3 cm³/mol. The fourth-order valence-corrected chi connectivity index (χ4v) is 2.79. The maximum Gasteiger partial charge on any atom is 0.236 e. The zero-order valence-electron chi connectivity index (χ0n) is 11.1. The number of amides is 1. The summed E-state index contributed by atoms with van der Waals surface area (Å²) in [6, 6.07) is 0. The number of carbonyl (C=O) groups excluding carboxylic acids is 1. The Balaban J connectivity index is 2.12.